The number of hydrogen-bond donors (Lipinski definition) is 0. The van der Waals surface area contributed by atoms with Crippen LogP contribution >= 0.6 is 0 Å². The number of Topliss-reactive ketones (excluding diaryl/α,β-unsaturated/α-hetero) is 2. The lowest BCUT2D eigenvalue weighted by molar-refractivity contribution is -0.132. The zero-order chi connectivity index (χ0) is 38.0. The Morgan fingerprint density at radius 1 is 0.891 bits per heavy atom. The SMILES string of the molecule is CC(C)n1c2ccncc2c2ccc(-c3cnc(N4CC5(CCN(CCCOc6ccc7c(c6)C(=O)N(C6CCC(=O)CC6=O)C7=O)CC5)C4)c(F)c3)cc21. The van der Waals surface area contributed by atoms with Crippen LogP contribution in [0, 0.1) is 11.2 Å². The molecule has 1 atom stereocenters. The third kappa shape index (κ3) is 6.16. The molecule has 2 amide bonds. The van der Waals surface area contributed by atoms with Gasteiger partial charge in [0.2, 0.25) is 0 Å². The standard InChI is InChI=1S/C43H43FN6O5/c1-26(2)49-36-10-13-45-23-34(36)31-7-4-27(19-38(31)49)28-18-35(44)40(46-22-28)48-24-43(25-48)11-15-47(16-12-43)14-3-17-55-30-6-8-32-33(21-30)42(54)50(41(32)53)37-9-5-29(51)20-39(37)52/h4,6-8,10,13,18-19,21-23,26,37H,3,5,9,11-12,14-17,20,24-25H2,1-2H3. The first kappa shape index (κ1) is 35.2. The Bertz CT molecular complexity index is 2390. The molecule has 2 saturated heterocycles. The highest BCUT2D eigenvalue weighted by Crippen LogP contribution is 2.43. The predicted molar refractivity (Wildman–Crippen MR) is 206 cm³/mol. The van der Waals surface area contributed by atoms with E-state index in [1.165, 1.54) is 0 Å². The summed E-state index contributed by atoms with van der Waals surface area (Å²) in [5.41, 5.74) is 4.59. The molecule has 6 heterocycles. The van der Waals surface area contributed by atoms with Gasteiger partial charge >= 0.3 is 0 Å². The molecule has 55 heavy (non-hydrogen) atoms. The number of carbonyl (C=O) groups is 4. The van der Waals surface area contributed by atoms with Gasteiger partial charge in [0.25, 0.3) is 11.8 Å². The van der Waals surface area contributed by atoms with Crippen LogP contribution in [0.2, 0.25) is 0 Å². The fraction of sp³-hybridized carbons (Fsp3) is 0.395. The van der Waals surface area contributed by atoms with Gasteiger partial charge in [-0.1, -0.05) is 12.1 Å². The minimum absolute atomic E-state index is 0.158. The van der Waals surface area contributed by atoms with Gasteiger partial charge in [-0.05, 0) is 94.6 Å². The van der Waals surface area contributed by atoms with E-state index in [1.54, 1.807) is 30.5 Å². The summed E-state index contributed by atoms with van der Waals surface area (Å²) in [6.45, 7) is 9.18. The number of piperidine rings is 1. The number of amides is 2. The van der Waals surface area contributed by atoms with Crippen molar-refractivity contribution in [3.8, 4) is 16.9 Å². The molecule has 0 N–H and O–H groups in total. The van der Waals surface area contributed by atoms with E-state index in [0.29, 0.717) is 18.2 Å². The molecule has 9 rings (SSSR count). The van der Waals surface area contributed by atoms with Crippen molar-refractivity contribution in [3.63, 3.8) is 0 Å². The Balaban J connectivity index is 0.759. The fourth-order valence-corrected chi connectivity index (χ4v) is 9.15. The molecule has 5 aromatic rings. The molecule has 3 aliphatic heterocycles. The van der Waals surface area contributed by atoms with Gasteiger partial charge in [0.05, 0.1) is 41.2 Å². The highest BCUT2D eigenvalue weighted by atomic mass is 19.1. The van der Waals surface area contributed by atoms with Crippen molar-refractivity contribution < 1.29 is 28.3 Å². The predicted octanol–water partition coefficient (Wildman–Crippen LogP) is 6.63. The Kier molecular flexibility index (Phi) is 8.75. The maximum atomic E-state index is 15.6. The second-order valence-electron chi connectivity index (χ2n) is 15.9. The number of rotatable bonds is 9. The molecule has 1 saturated carbocycles. The van der Waals surface area contributed by atoms with E-state index >= 15 is 4.39 Å². The van der Waals surface area contributed by atoms with Crippen molar-refractivity contribution in [2.45, 2.75) is 64.5 Å². The average Bonchev–Trinajstić information content (AvgIpc) is 3.63. The van der Waals surface area contributed by atoms with Crippen LogP contribution < -0.4 is 9.64 Å². The zero-order valence-electron chi connectivity index (χ0n) is 31.1. The van der Waals surface area contributed by atoms with Crippen LogP contribution in [0.15, 0.2) is 67.1 Å². The Morgan fingerprint density at radius 2 is 1.69 bits per heavy atom. The van der Waals surface area contributed by atoms with Gasteiger partial charge in [-0.3, -0.25) is 29.1 Å². The van der Waals surface area contributed by atoms with Crippen LogP contribution in [0.25, 0.3) is 32.9 Å². The number of ketones is 2. The van der Waals surface area contributed by atoms with E-state index in [0.717, 1.165) is 89.8 Å². The number of imide groups is 1. The average molecular weight is 743 g/mol. The molecule has 1 aliphatic carbocycles. The first-order valence-corrected chi connectivity index (χ1v) is 19.3. The number of aromatic nitrogens is 3. The molecule has 0 bridgehead atoms. The first-order chi connectivity index (χ1) is 26.6. The first-order valence-electron chi connectivity index (χ1n) is 19.3. The van der Waals surface area contributed by atoms with Crippen LogP contribution in [0.3, 0.4) is 0 Å². The largest absolute Gasteiger partial charge is 0.494 e. The zero-order valence-corrected chi connectivity index (χ0v) is 31.1. The van der Waals surface area contributed by atoms with Gasteiger partial charge < -0.3 is 19.1 Å². The van der Waals surface area contributed by atoms with Crippen molar-refractivity contribution in [2.24, 2.45) is 5.41 Å². The second kappa shape index (κ2) is 13.7. The lowest BCUT2D eigenvalue weighted by Crippen LogP contribution is -2.61. The van der Waals surface area contributed by atoms with Gasteiger partial charge in [0.1, 0.15) is 11.5 Å². The van der Waals surface area contributed by atoms with Crippen molar-refractivity contribution in [3.05, 3.63) is 84.1 Å². The van der Waals surface area contributed by atoms with Crippen LogP contribution in [0.1, 0.15) is 79.1 Å². The van der Waals surface area contributed by atoms with E-state index in [1.807, 2.05) is 24.5 Å². The van der Waals surface area contributed by atoms with Crippen LogP contribution in [-0.4, -0.2) is 93.1 Å². The van der Waals surface area contributed by atoms with Crippen LogP contribution in [0.4, 0.5) is 10.2 Å². The van der Waals surface area contributed by atoms with Crippen LogP contribution in [-0.2, 0) is 9.59 Å². The normalized spacial score (nSPS) is 20.0. The Hall–Kier alpha value is -5.49. The molecular formula is C43H43FN6O5. The van der Waals surface area contributed by atoms with E-state index in [9.17, 15) is 19.2 Å². The number of likely N-dealkylation sites (tertiary alicyclic amines) is 1. The van der Waals surface area contributed by atoms with Gasteiger partial charge in [-0.2, -0.15) is 0 Å². The Morgan fingerprint density at radius 3 is 2.45 bits per heavy atom. The molecule has 282 valence electrons. The fourth-order valence-electron chi connectivity index (χ4n) is 9.15. The number of hydrogen-bond acceptors (Lipinski definition) is 9. The smallest absolute Gasteiger partial charge is 0.262 e. The summed E-state index contributed by atoms with van der Waals surface area (Å²) in [5, 5.41) is 2.24. The number of nitrogens with zero attached hydrogens (tertiary/aromatic N) is 6. The summed E-state index contributed by atoms with van der Waals surface area (Å²) >= 11 is 0. The summed E-state index contributed by atoms with van der Waals surface area (Å²) < 4.78 is 23.9. The van der Waals surface area contributed by atoms with E-state index in [-0.39, 0.29) is 59.2 Å². The maximum Gasteiger partial charge on any atom is 0.262 e. The van der Waals surface area contributed by atoms with Crippen molar-refractivity contribution in [2.75, 3.05) is 44.2 Å². The number of halogens is 1. The molecule has 3 fully saturated rings. The lowest BCUT2D eigenvalue weighted by atomic mass is 9.72. The van der Waals surface area contributed by atoms with Gasteiger partial charge in [-0.15, -0.1) is 0 Å². The lowest BCUT2D eigenvalue weighted by Gasteiger charge is -2.54. The van der Waals surface area contributed by atoms with Crippen LogP contribution in [0.5, 0.6) is 5.75 Å². The molecule has 1 spiro atoms. The molecule has 4 aliphatic rings. The van der Waals surface area contributed by atoms with Crippen molar-refractivity contribution in [1.29, 1.82) is 0 Å². The molecule has 2 aromatic carbocycles. The highest BCUT2D eigenvalue weighted by molar-refractivity contribution is 6.23. The van der Waals surface area contributed by atoms with Crippen molar-refractivity contribution in [1.82, 2.24) is 24.3 Å². The van der Waals surface area contributed by atoms with E-state index in [2.05, 4.69) is 50.3 Å². The van der Waals surface area contributed by atoms with Gasteiger partial charge in [0.15, 0.2) is 17.4 Å². The van der Waals surface area contributed by atoms with Crippen molar-refractivity contribution >= 4 is 51.0 Å². The summed E-state index contributed by atoms with van der Waals surface area (Å²) in [6.07, 6.45) is 8.52. The molecule has 11 nitrogen and oxygen atoms in total. The third-order valence-electron chi connectivity index (χ3n) is 12.1. The molecule has 12 heteroatoms. The molecular weight excluding hydrogens is 700 g/mol. The van der Waals surface area contributed by atoms with E-state index in [4.69, 9.17) is 4.74 Å². The summed E-state index contributed by atoms with van der Waals surface area (Å²) in [7, 11) is 0. The third-order valence-corrected chi connectivity index (χ3v) is 12.1. The monoisotopic (exact) mass is 742 g/mol. The number of fused-ring (bicyclic) bond motifs is 4. The summed E-state index contributed by atoms with van der Waals surface area (Å²) in [5.74, 6) is -0.924. The number of pyridine rings is 2. The quantitative estimate of drug-likeness (QED) is 0.0932. The maximum absolute atomic E-state index is 15.6. The topological polar surface area (TPSA) is 118 Å². The summed E-state index contributed by atoms with van der Waals surface area (Å²) in [4.78, 5) is 64.8. The molecule has 3 aromatic heterocycles. The van der Waals surface area contributed by atoms with Gasteiger partial charge in [0, 0.05) is 72.4 Å². The summed E-state index contributed by atoms with van der Waals surface area (Å²) in [6, 6.07) is 14.1. The number of ether oxygens (including phenoxy) is 1. The Labute approximate surface area is 318 Å². The number of anilines is 1. The number of benzene rings is 2. The van der Waals surface area contributed by atoms with E-state index < -0.39 is 17.9 Å². The molecule has 0 radical (unpaired) electrons. The molecule has 1 unspecified atom stereocenters. The minimum atomic E-state index is -0.887. The second-order valence-corrected chi connectivity index (χ2v) is 15.9. The number of carbonyl (C=O) groups excluding carboxylic acids is 4. The van der Waals surface area contributed by atoms with Gasteiger partial charge in [-0.25, -0.2) is 9.37 Å². The minimum Gasteiger partial charge on any atom is -0.494 e. The highest BCUT2D eigenvalue weighted by Gasteiger charge is 2.46.